The van der Waals surface area contributed by atoms with Crippen LogP contribution in [-0.4, -0.2) is 9.55 Å². The van der Waals surface area contributed by atoms with Crippen molar-refractivity contribution in [2.24, 2.45) is 0 Å². The van der Waals surface area contributed by atoms with Gasteiger partial charge in [0.15, 0.2) is 0 Å². The Balaban J connectivity index is 2.12. The number of aromatic nitrogens is 2. The highest BCUT2D eigenvalue weighted by Gasteiger charge is 2.22. The number of nitrogens with two attached hydrogens (primary N) is 1. The minimum absolute atomic E-state index is 0.579. The Labute approximate surface area is 122 Å². The van der Waals surface area contributed by atoms with Gasteiger partial charge in [-0.05, 0) is 37.0 Å². The quantitative estimate of drug-likeness (QED) is 0.741. The number of nitrogen functional groups attached to an aromatic ring is 1. The van der Waals surface area contributed by atoms with E-state index in [1.54, 1.807) is 0 Å². The van der Waals surface area contributed by atoms with Gasteiger partial charge in [-0.25, -0.2) is 4.98 Å². The maximum atomic E-state index is 9.39. The molecule has 0 fully saturated rings. The van der Waals surface area contributed by atoms with Gasteiger partial charge >= 0.3 is 0 Å². The van der Waals surface area contributed by atoms with Crippen LogP contribution in [0.4, 0.5) is 5.69 Å². The van der Waals surface area contributed by atoms with Crippen LogP contribution in [0.3, 0.4) is 0 Å². The van der Waals surface area contributed by atoms with Gasteiger partial charge in [0, 0.05) is 17.6 Å². The number of hydrogen-bond acceptors (Lipinski definition) is 3. The van der Waals surface area contributed by atoms with Crippen LogP contribution in [0.2, 0.25) is 0 Å². The molecule has 2 heterocycles. The molecule has 0 saturated carbocycles. The molecule has 0 atom stereocenters. The highest BCUT2D eigenvalue weighted by molar-refractivity contribution is 5.95. The summed E-state index contributed by atoms with van der Waals surface area (Å²) in [7, 11) is 0. The van der Waals surface area contributed by atoms with Gasteiger partial charge < -0.3 is 10.3 Å². The molecular formula is C17H14N4. The number of nitrogens with zero attached hydrogens (tertiary/aromatic N) is 3. The first-order chi connectivity index (χ1) is 10.3. The highest BCUT2D eigenvalue weighted by Crippen LogP contribution is 2.35. The number of rotatable bonds is 1. The van der Waals surface area contributed by atoms with E-state index in [-0.39, 0.29) is 0 Å². The van der Waals surface area contributed by atoms with E-state index in [2.05, 4.69) is 6.07 Å². The van der Waals surface area contributed by atoms with Crippen molar-refractivity contribution >= 4 is 16.7 Å². The summed E-state index contributed by atoms with van der Waals surface area (Å²) >= 11 is 0. The molecule has 4 heteroatoms. The molecule has 0 amide bonds. The summed E-state index contributed by atoms with van der Waals surface area (Å²) in [5.41, 5.74) is 12.6. The average molecular weight is 274 g/mol. The fourth-order valence-electron chi connectivity index (χ4n) is 3.16. The van der Waals surface area contributed by atoms with Gasteiger partial charge in [0.25, 0.3) is 0 Å². The molecule has 1 aliphatic carbocycles. The van der Waals surface area contributed by atoms with Crippen LogP contribution in [-0.2, 0) is 12.8 Å². The van der Waals surface area contributed by atoms with E-state index in [1.165, 1.54) is 0 Å². The highest BCUT2D eigenvalue weighted by atomic mass is 15.0. The molecule has 4 nitrogen and oxygen atoms in total. The number of benzene rings is 1. The van der Waals surface area contributed by atoms with Gasteiger partial charge in [-0.1, -0.05) is 18.2 Å². The summed E-state index contributed by atoms with van der Waals surface area (Å²) < 4.78 is 1.98. The summed E-state index contributed by atoms with van der Waals surface area (Å²) in [5, 5.41) is 9.39. The molecule has 4 rings (SSSR count). The Morgan fingerprint density at radius 2 is 2.00 bits per heavy atom. The number of pyridine rings is 1. The van der Waals surface area contributed by atoms with Gasteiger partial charge in [-0.15, -0.1) is 0 Å². The second kappa shape index (κ2) is 4.35. The number of anilines is 1. The van der Waals surface area contributed by atoms with Crippen molar-refractivity contribution in [1.29, 1.82) is 5.26 Å². The van der Waals surface area contributed by atoms with Crippen molar-refractivity contribution < 1.29 is 0 Å². The Morgan fingerprint density at radius 3 is 2.76 bits per heavy atom. The standard InChI is InChI=1S/C17H14N4/c18-9-11-10-21(12-5-2-1-3-6-12)17-15(19)13-7-4-8-14(13)20-16(11)17/h1-3,5-6,10H,4,7-8H2,(H2,19,20). The Kier molecular flexibility index (Phi) is 2.48. The molecule has 2 N–H and O–H groups in total. The molecule has 1 aromatic carbocycles. The molecule has 21 heavy (non-hydrogen) atoms. The zero-order valence-corrected chi connectivity index (χ0v) is 11.5. The second-order valence-corrected chi connectivity index (χ2v) is 5.36. The van der Waals surface area contributed by atoms with Gasteiger partial charge in [-0.3, -0.25) is 0 Å². The first-order valence-corrected chi connectivity index (χ1v) is 7.07. The van der Waals surface area contributed by atoms with Crippen molar-refractivity contribution in [2.75, 3.05) is 5.73 Å². The maximum absolute atomic E-state index is 9.39. The zero-order chi connectivity index (χ0) is 14.4. The van der Waals surface area contributed by atoms with E-state index >= 15 is 0 Å². The van der Waals surface area contributed by atoms with E-state index < -0.39 is 0 Å². The van der Waals surface area contributed by atoms with Gasteiger partial charge in [-0.2, -0.15) is 5.26 Å². The fourth-order valence-corrected chi connectivity index (χ4v) is 3.16. The Hall–Kier alpha value is -2.80. The number of nitriles is 1. The predicted molar refractivity (Wildman–Crippen MR) is 82.2 cm³/mol. The van der Waals surface area contributed by atoms with Gasteiger partial charge in [0.05, 0.1) is 16.8 Å². The summed E-state index contributed by atoms with van der Waals surface area (Å²) in [6.07, 6.45) is 4.85. The monoisotopic (exact) mass is 274 g/mol. The first-order valence-electron chi connectivity index (χ1n) is 7.07. The molecular weight excluding hydrogens is 260 g/mol. The maximum Gasteiger partial charge on any atom is 0.109 e. The van der Waals surface area contributed by atoms with E-state index in [0.717, 1.165) is 52.9 Å². The fraction of sp³-hybridized carbons (Fsp3) is 0.176. The third-order valence-electron chi connectivity index (χ3n) is 4.15. The Bertz CT molecular complexity index is 885. The molecule has 0 unspecified atom stereocenters. The van der Waals surface area contributed by atoms with Crippen molar-refractivity contribution in [3.05, 3.63) is 53.3 Å². The van der Waals surface area contributed by atoms with Crippen LogP contribution in [0.25, 0.3) is 16.7 Å². The lowest BCUT2D eigenvalue weighted by molar-refractivity contribution is 0.901. The third-order valence-corrected chi connectivity index (χ3v) is 4.15. The molecule has 0 radical (unpaired) electrons. The molecule has 1 aliphatic rings. The topological polar surface area (TPSA) is 67.6 Å². The minimum atomic E-state index is 0.579. The molecule has 0 aliphatic heterocycles. The normalized spacial score (nSPS) is 13.3. The smallest absolute Gasteiger partial charge is 0.109 e. The SMILES string of the molecule is N#Cc1cn(-c2ccccc2)c2c(N)c3c(nc12)CCC3. The van der Waals surface area contributed by atoms with Gasteiger partial charge in [0.1, 0.15) is 11.6 Å². The van der Waals surface area contributed by atoms with Crippen LogP contribution in [0.15, 0.2) is 36.5 Å². The number of hydrogen-bond donors (Lipinski definition) is 1. The van der Waals surface area contributed by atoms with Crippen molar-refractivity contribution in [3.8, 4) is 11.8 Å². The van der Waals surface area contributed by atoms with Crippen molar-refractivity contribution in [1.82, 2.24) is 9.55 Å². The first kappa shape index (κ1) is 12.0. The van der Waals surface area contributed by atoms with Gasteiger partial charge in [0.2, 0.25) is 0 Å². The summed E-state index contributed by atoms with van der Waals surface area (Å²) in [6, 6.07) is 12.2. The van der Waals surface area contributed by atoms with Crippen LogP contribution < -0.4 is 5.73 Å². The molecule has 0 saturated heterocycles. The molecule has 0 bridgehead atoms. The molecule has 3 aromatic rings. The van der Waals surface area contributed by atoms with Crippen LogP contribution in [0.5, 0.6) is 0 Å². The lowest BCUT2D eigenvalue weighted by Gasteiger charge is -2.10. The van der Waals surface area contributed by atoms with Crippen LogP contribution in [0.1, 0.15) is 23.2 Å². The third kappa shape index (κ3) is 1.64. The van der Waals surface area contributed by atoms with Crippen molar-refractivity contribution in [3.63, 3.8) is 0 Å². The van der Waals surface area contributed by atoms with Crippen LogP contribution >= 0.6 is 0 Å². The summed E-state index contributed by atoms with van der Waals surface area (Å²) in [5.74, 6) is 0. The summed E-state index contributed by atoms with van der Waals surface area (Å²) in [6.45, 7) is 0. The molecule has 2 aromatic heterocycles. The summed E-state index contributed by atoms with van der Waals surface area (Å²) in [4.78, 5) is 4.71. The number of para-hydroxylation sites is 1. The van der Waals surface area contributed by atoms with Crippen molar-refractivity contribution in [2.45, 2.75) is 19.3 Å². The van der Waals surface area contributed by atoms with Crippen LogP contribution in [0, 0.1) is 11.3 Å². The van der Waals surface area contributed by atoms with E-state index in [4.69, 9.17) is 10.7 Å². The largest absolute Gasteiger partial charge is 0.397 e. The van der Waals surface area contributed by atoms with E-state index in [9.17, 15) is 5.26 Å². The Morgan fingerprint density at radius 1 is 1.19 bits per heavy atom. The lowest BCUT2D eigenvalue weighted by atomic mass is 10.1. The minimum Gasteiger partial charge on any atom is -0.397 e. The zero-order valence-electron chi connectivity index (χ0n) is 11.5. The second-order valence-electron chi connectivity index (χ2n) is 5.36. The lowest BCUT2D eigenvalue weighted by Crippen LogP contribution is -2.01. The molecule has 102 valence electrons. The molecule has 0 spiro atoms. The number of fused-ring (bicyclic) bond motifs is 2. The van der Waals surface area contributed by atoms with E-state index in [0.29, 0.717) is 5.56 Å². The average Bonchev–Trinajstić information content (AvgIpc) is 3.13. The number of aryl methyl sites for hydroxylation is 1. The van der Waals surface area contributed by atoms with E-state index in [1.807, 2.05) is 41.1 Å². The predicted octanol–water partition coefficient (Wildman–Crippen LogP) is 2.97.